The Bertz CT molecular complexity index is 743. The van der Waals surface area contributed by atoms with Gasteiger partial charge in [0.25, 0.3) is 11.1 Å². The summed E-state index contributed by atoms with van der Waals surface area (Å²) in [5, 5.41) is 5.96. The van der Waals surface area contributed by atoms with Crippen molar-refractivity contribution in [2.75, 3.05) is 11.9 Å². The molecule has 0 bridgehead atoms. The van der Waals surface area contributed by atoms with Crippen molar-refractivity contribution >= 4 is 46.3 Å². The number of aromatic nitrogens is 2. The average molecular weight is 332 g/mol. The van der Waals surface area contributed by atoms with E-state index in [-0.39, 0.29) is 11.1 Å². The van der Waals surface area contributed by atoms with Gasteiger partial charge in [0.15, 0.2) is 0 Å². The van der Waals surface area contributed by atoms with Gasteiger partial charge in [0.2, 0.25) is 5.95 Å². The molecular weight excluding hydrogens is 320 g/mol. The van der Waals surface area contributed by atoms with E-state index >= 15 is 0 Å². The van der Waals surface area contributed by atoms with Crippen molar-refractivity contribution in [3.63, 3.8) is 0 Å². The van der Waals surface area contributed by atoms with Gasteiger partial charge in [-0.1, -0.05) is 0 Å². The highest BCUT2D eigenvalue weighted by atomic mass is 32.2. The van der Waals surface area contributed by atoms with E-state index in [0.29, 0.717) is 23.1 Å². The standard InChI is InChI=1S/C14H12N4O2S2/c1-18(7-9-3-5-21-8-9)13-15-4-2-10(16-13)6-11-12(19)17-14(20)22-11/h2-6,8H,7H2,1H3,(H,17,19,20)/b11-6+. The van der Waals surface area contributed by atoms with Crippen molar-refractivity contribution in [1.82, 2.24) is 15.3 Å². The highest BCUT2D eigenvalue weighted by molar-refractivity contribution is 8.18. The fourth-order valence-electron chi connectivity index (χ4n) is 1.91. The second-order valence-electron chi connectivity index (χ2n) is 4.62. The van der Waals surface area contributed by atoms with E-state index in [1.807, 2.05) is 17.3 Å². The smallest absolute Gasteiger partial charge is 0.290 e. The maximum atomic E-state index is 11.5. The van der Waals surface area contributed by atoms with Gasteiger partial charge in [-0.05, 0) is 46.3 Å². The van der Waals surface area contributed by atoms with Crippen LogP contribution in [0.5, 0.6) is 0 Å². The van der Waals surface area contributed by atoms with Crippen LogP contribution in [0.15, 0.2) is 34.0 Å². The molecule has 0 spiro atoms. The number of anilines is 1. The zero-order chi connectivity index (χ0) is 15.5. The van der Waals surface area contributed by atoms with Crippen molar-refractivity contribution in [1.29, 1.82) is 0 Å². The molecule has 1 aliphatic rings. The van der Waals surface area contributed by atoms with Crippen LogP contribution in [0.1, 0.15) is 11.3 Å². The summed E-state index contributed by atoms with van der Waals surface area (Å²) < 4.78 is 0. The van der Waals surface area contributed by atoms with Crippen LogP contribution in [0.4, 0.5) is 10.7 Å². The maximum absolute atomic E-state index is 11.5. The first kappa shape index (κ1) is 14.7. The summed E-state index contributed by atoms with van der Waals surface area (Å²) in [5.41, 5.74) is 1.78. The molecule has 0 saturated carbocycles. The molecule has 0 atom stereocenters. The molecule has 1 aliphatic heterocycles. The molecule has 2 amide bonds. The predicted molar refractivity (Wildman–Crippen MR) is 87.6 cm³/mol. The number of hydrogen-bond donors (Lipinski definition) is 1. The van der Waals surface area contributed by atoms with Crippen LogP contribution in [-0.2, 0) is 11.3 Å². The normalized spacial score (nSPS) is 16.1. The predicted octanol–water partition coefficient (Wildman–Crippen LogP) is 2.50. The molecule has 6 nitrogen and oxygen atoms in total. The van der Waals surface area contributed by atoms with Crippen molar-refractivity contribution in [3.05, 3.63) is 45.3 Å². The summed E-state index contributed by atoms with van der Waals surface area (Å²) >= 11 is 2.52. The van der Waals surface area contributed by atoms with Crippen LogP contribution in [-0.4, -0.2) is 28.2 Å². The molecule has 112 valence electrons. The first-order chi connectivity index (χ1) is 10.6. The van der Waals surface area contributed by atoms with Crippen LogP contribution < -0.4 is 10.2 Å². The fourth-order valence-corrected chi connectivity index (χ4v) is 3.24. The number of thiophene rings is 1. The van der Waals surface area contributed by atoms with E-state index in [2.05, 4.69) is 26.7 Å². The van der Waals surface area contributed by atoms with E-state index < -0.39 is 0 Å². The number of hydrogen-bond acceptors (Lipinski definition) is 7. The number of rotatable bonds is 4. The van der Waals surface area contributed by atoms with E-state index in [9.17, 15) is 9.59 Å². The van der Waals surface area contributed by atoms with E-state index in [4.69, 9.17) is 0 Å². The fraction of sp³-hybridized carbons (Fsp3) is 0.143. The van der Waals surface area contributed by atoms with Gasteiger partial charge in [-0.3, -0.25) is 14.9 Å². The number of imide groups is 1. The Labute approximate surface area is 135 Å². The van der Waals surface area contributed by atoms with Gasteiger partial charge in [0, 0.05) is 19.8 Å². The maximum Gasteiger partial charge on any atom is 0.290 e. The van der Waals surface area contributed by atoms with Crippen LogP contribution >= 0.6 is 23.1 Å². The van der Waals surface area contributed by atoms with Gasteiger partial charge < -0.3 is 4.90 Å². The molecule has 2 aromatic heterocycles. The van der Waals surface area contributed by atoms with Crippen LogP contribution in [0.2, 0.25) is 0 Å². The molecule has 2 aromatic rings. The lowest BCUT2D eigenvalue weighted by molar-refractivity contribution is -0.115. The number of nitrogens with one attached hydrogen (secondary N) is 1. The summed E-state index contributed by atoms with van der Waals surface area (Å²) in [6.45, 7) is 0.706. The Balaban J connectivity index is 1.79. The minimum absolute atomic E-state index is 0.343. The second kappa shape index (κ2) is 6.29. The number of thioether (sulfide) groups is 1. The Morgan fingerprint density at radius 3 is 2.91 bits per heavy atom. The van der Waals surface area contributed by atoms with Crippen molar-refractivity contribution in [2.24, 2.45) is 0 Å². The van der Waals surface area contributed by atoms with Crippen LogP contribution in [0.25, 0.3) is 6.08 Å². The third-order valence-corrected chi connectivity index (χ3v) is 4.47. The Hall–Kier alpha value is -2.19. The van der Waals surface area contributed by atoms with E-state index in [1.165, 1.54) is 5.56 Å². The Kier molecular flexibility index (Phi) is 4.21. The number of amides is 2. The minimum atomic E-state index is -0.387. The highest BCUT2D eigenvalue weighted by Crippen LogP contribution is 2.25. The van der Waals surface area contributed by atoms with Crippen molar-refractivity contribution < 1.29 is 9.59 Å². The monoisotopic (exact) mass is 332 g/mol. The topological polar surface area (TPSA) is 75.2 Å². The summed E-state index contributed by atoms with van der Waals surface area (Å²) in [7, 11) is 1.91. The lowest BCUT2D eigenvalue weighted by atomic mass is 10.3. The quantitative estimate of drug-likeness (QED) is 0.867. The molecule has 1 saturated heterocycles. The molecule has 0 aliphatic carbocycles. The highest BCUT2D eigenvalue weighted by Gasteiger charge is 2.25. The largest absolute Gasteiger partial charge is 0.340 e. The van der Waals surface area contributed by atoms with Gasteiger partial charge in [-0.25, -0.2) is 9.97 Å². The van der Waals surface area contributed by atoms with E-state index in [0.717, 1.165) is 11.8 Å². The Morgan fingerprint density at radius 2 is 2.23 bits per heavy atom. The zero-order valence-corrected chi connectivity index (χ0v) is 13.3. The van der Waals surface area contributed by atoms with Crippen LogP contribution in [0, 0.1) is 0 Å². The third-order valence-electron chi connectivity index (χ3n) is 2.93. The zero-order valence-electron chi connectivity index (χ0n) is 11.6. The van der Waals surface area contributed by atoms with Gasteiger partial charge in [-0.2, -0.15) is 11.3 Å². The summed E-state index contributed by atoms with van der Waals surface area (Å²) in [4.78, 5) is 33.6. The van der Waals surface area contributed by atoms with Gasteiger partial charge in [0.1, 0.15) is 0 Å². The SMILES string of the molecule is CN(Cc1ccsc1)c1nccc(/C=C2/SC(=O)NC2=O)n1. The minimum Gasteiger partial charge on any atom is -0.340 e. The number of nitrogens with zero attached hydrogens (tertiary/aromatic N) is 3. The molecular formula is C14H12N4O2S2. The van der Waals surface area contributed by atoms with E-state index in [1.54, 1.807) is 29.7 Å². The Morgan fingerprint density at radius 1 is 1.36 bits per heavy atom. The van der Waals surface area contributed by atoms with Crippen molar-refractivity contribution in [3.8, 4) is 0 Å². The summed E-state index contributed by atoms with van der Waals surface area (Å²) in [6.07, 6.45) is 3.23. The van der Waals surface area contributed by atoms with Crippen LogP contribution in [0.3, 0.4) is 0 Å². The molecule has 1 fully saturated rings. The number of carbonyl (C=O) groups excluding carboxylic acids is 2. The lowest BCUT2D eigenvalue weighted by Crippen LogP contribution is -2.19. The molecule has 3 heterocycles. The molecule has 1 N–H and O–H groups in total. The molecule has 3 rings (SSSR count). The van der Waals surface area contributed by atoms with Crippen molar-refractivity contribution in [2.45, 2.75) is 6.54 Å². The first-order valence-corrected chi connectivity index (χ1v) is 8.18. The third kappa shape index (κ3) is 3.34. The number of carbonyl (C=O) groups is 2. The average Bonchev–Trinajstić information content (AvgIpc) is 3.09. The molecule has 22 heavy (non-hydrogen) atoms. The summed E-state index contributed by atoms with van der Waals surface area (Å²) in [6, 6.07) is 3.75. The second-order valence-corrected chi connectivity index (χ2v) is 6.42. The van der Waals surface area contributed by atoms with Gasteiger partial charge >= 0.3 is 0 Å². The summed E-state index contributed by atoms with van der Waals surface area (Å²) in [5.74, 6) is 0.178. The molecule has 0 aromatic carbocycles. The van der Waals surface area contributed by atoms with Gasteiger partial charge in [-0.15, -0.1) is 0 Å². The molecule has 0 unspecified atom stereocenters. The molecule has 0 radical (unpaired) electrons. The first-order valence-electron chi connectivity index (χ1n) is 6.42. The molecule has 8 heteroatoms. The van der Waals surface area contributed by atoms with Gasteiger partial charge in [0.05, 0.1) is 10.6 Å². The lowest BCUT2D eigenvalue weighted by Gasteiger charge is -2.16.